The summed E-state index contributed by atoms with van der Waals surface area (Å²) in [4.78, 5) is 52.6. The maximum Gasteiger partial charge on any atom is 0.323 e. The van der Waals surface area contributed by atoms with E-state index in [1.54, 1.807) is 31.4 Å². The Morgan fingerprint density at radius 1 is 1.22 bits per heavy atom. The zero-order chi connectivity index (χ0) is 19.3. The summed E-state index contributed by atoms with van der Waals surface area (Å²) in [6.45, 7) is -0.662. The third-order valence-corrected chi connectivity index (χ3v) is 7.08. The highest BCUT2D eigenvalue weighted by molar-refractivity contribution is 8.00. The second-order valence-corrected chi connectivity index (χ2v) is 8.35. The number of aromatic nitrogens is 1. The Morgan fingerprint density at radius 3 is 2.56 bits per heavy atom. The van der Waals surface area contributed by atoms with Crippen molar-refractivity contribution in [3.05, 3.63) is 44.4 Å². The summed E-state index contributed by atoms with van der Waals surface area (Å²) in [6, 6.07) is 7.08. The van der Waals surface area contributed by atoms with E-state index in [-0.39, 0.29) is 4.87 Å². The standard InChI is InChI=1S/C17H14N2O6S2/c1-25-8-4-2-7(3-5-8)10-11-13(26-14-12(10)27-17(24)18-14)16(23)19(15(11)22)6-9(20)21/h2-5,10-11,13H,6H2,1H3,(H,18,24)(H,20,21)/t10-,11+,13-/m0/s1. The van der Waals surface area contributed by atoms with Crippen molar-refractivity contribution in [2.75, 3.05) is 13.7 Å². The first-order valence-electron chi connectivity index (χ1n) is 8.01. The number of benzene rings is 1. The molecule has 2 amide bonds. The summed E-state index contributed by atoms with van der Waals surface area (Å²) in [7, 11) is 1.54. The molecule has 2 N–H and O–H groups in total. The molecule has 3 heterocycles. The van der Waals surface area contributed by atoms with E-state index in [9.17, 15) is 19.2 Å². The van der Waals surface area contributed by atoms with Crippen LogP contribution in [0.2, 0.25) is 0 Å². The van der Waals surface area contributed by atoms with Gasteiger partial charge in [0.2, 0.25) is 11.8 Å². The minimum absolute atomic E-state index is 0.256. The number of carbonyl (C=O) groups is 3. The quantitative estimate of drug-likeness (QED) is 0.731. The van der Waals surface area contributed by atoms with E-state index in [4.69, 9.17) is 9.84 Å². The minimum Gasteiger partial charge on any atom is -0.497 e. The van der Waals surface area contributed by atoms with Crippen molar-refractivity contribution < 1.29 is 24.2 Å². The van der Waals surface area contributed by atoms with Crippen LogP contribution in [0.5, 0.6) is 5.75 Å². The zero-order valence-electron chi connectivity index (χ0n) is 14.0. The summed E-state index contributed by atoms with van der Waals surface area (Å²) in [5.41, 5.74) is 0.765. The molecule has 4 rings (SSSR count). The first-order valence-corrected chi connectivity index (χ1v) is 9.71. The van der Waals surface area contributed by atoms with Crippen molar-refractivity contribution in [1.29, 1.82) is 0 Å². The summed E-state index contributed by atoms with van der Waals surface area (Å²) >= 11 is 2.13. The van der Waals surface area contributed by atoms with Gasteiger partial charge in [0.15, 0.2) is 0 Å². The predicted molar refractivity (Wildman–Crippen MR) is 97.3 cm³/mol. The van der Waals surface area contributed by atoms with Gasteiger partial charge in [0.05, 0.1) is 18.1 Å². The Hall–Kier alpha value is -2.59. The largest absolute Gasteiger partial charge is 0.497 e. The SMILES string of the molecule is COc1ccc([C@@H]2c3sc(=O)[nH]c3S[C@@H]3C(=O)N(CC(=O)O)C(=O)[C@H]23)cc1. The molecule has 27 heavy (non-hydrogen) atoms. The van der Waals surface area contributed by atoms with Crippen LogP contribution < -0.4 is 9.61 Å². The number of aromatic amines is 1. The highest BCUT2D eigenvalue weighted by Crippen LogP contribution is 2.52. The van der Waals surface area contributed by atoms with Gasteiger partial charge in [-0.1, -0.05) is 35.2 Å². The number of amides is 2. The topological polar surface area (TPSA) is 117 Å². The van der Waals surface area contributed by atoms with Crippen LogP contribution in [0.4, 0.5) is 0 Å². The van der Waals surface area contributed by atoms with Crippen LogP contribution in [0.25, 0.3) is 0 Å². The fourth-order valence-corrected chi connectivity index (χ4v) is 6.07. The van der Waals surface area contributed by atoms with Crippen molar-refractivity contribution in [2.24, 2.45) is 5.92 Å². The molecular weight excluding hydrogens is 392 g/mol. The summed E-state index contributed by atoms with van der Waals surface area (Å²) < 4.78 is 5.16. The van der Waals surface area contributed by atoms with E-state index in [1.807, 2.05) is 0 Å². The number of carboxylic acid groups (broad SMARTS) is 1. The minimum atomic E-state index is -1.25. The van der Waals surface area contributed by atoms with Gasteiger partial charge in [0, 0.05) is 10.8 Å². The van der Waals surface area contributed by atoms with Gasteiger partial charge in [-0.05, 0) is 17.7 Å². The molecule has 2 aliphatic heterocycles. The Labute approximate surface area is 161 Å². The molecule has 0 unspecified atom stereocenters. The summed E-state index contributed by atoms with van der Waals surface area (Å²) in [5, 5.41) is 8.84. The maximum absolute atomic E-state index is 12.9. The Morgan fingerprint density at radius 2 is 1.93 bits per heavy atom. The highest BCUT2D eigenvalue weighted by atomic mass is 32.2. The molecule has 1 saturated heterocycles. The van der Waals surface area contributed by atoms with Crippen LogP contribution >= 0.6 is 23.1 Å². The number of hydrogen-bond acceptors (Lipinski definition) is 7. The number of likely N-dealkylation sites (tertiary alicyclic amines) is 1. The molecule has 1 aromatic heterocycles. The number of aliphatic carboxylic acids is 1. The number of imide groups is 1. The lowest BCUT2D eigenvalue weighted by Crippen LogP contribution is -2.36. The van der Waals surface area contributed by atoms with Crippen LogP contribution in [0.3, 0.4) is 0 Å². The lowest BCUT2D eigenvalue weighted by Gasteiger charge is -2.29. The molecule has 0 aliphatic carbocycles. The molecule has 10 heteroatoms. The van der Waals surface area contributed by atoms with Crippen molar-refractivity contribution in [2.45, 2.75) is 16.2 Å². The number of nitrogens with zero attached hydrogens (tertiary/aromatic N) is 1. The maximum atomic E-state index is 12.9. The number of thiazole rings is 1. The van der Waals surface area contributed by atoms with E-state index in [1.165, 1.54) is 0 Å². The summed E-state index contributed by atoms with van der Waals surface area (Å²) in [5.74, 6) is -2.92. The summed E-state index contributed by atoms with van der Waals surface area (Å²) in [6.07, 6.45) is 0. The molecule has 1 fully saturated rings. The highest BCUT2D eigenvalue weighted by Gasteiger charge is 2.56. The molecule has 8 nitrogen and oxygen atoms in total. The molecule has 1 aromatic carbocycles. The molecule has 2 aliphatic rings. The molecule has 3 atom stereocenters. The number of nitrogens with one attached hydrogen (secondary N) is 1. The number of carboxylic acids is 1. The number of H-pyrrole nitrogens is 1. The van der Waals surface area contributed by atoms with Crippen molar-refractivity contribution >= 4 is 40.9 Å². The van der Waals surface area contributed by atoms with Gasteiger partial charge < -0.3 is 14.8 Å². The number of hydrogen-bond donors (Lipinski definition) is 2. The van der Waals surface area contributed by atoms with E-state index in [2.05, 4.69) is 4.98 Å². The number of thioether (sulfide) groups is 1. The number of carbonyl (C=O) groups excluding carboxylic acids is 2. The normalized spacial score (nSPS) is 23.9. The average Bonchev–Trinajstić information content (AvgIpc) is 3.12. The zero-order valence-corrected chi connectivity index (χ0v) is 15.6. The van der Waals surface area contributed by atoms with Gasteiger partial charge in [-0.25, -0.2) is 0 Å². The van der Waals surface area contributed by atoms with Crippen molar-refractivity contribution in [3.63, 3.8) is 0 Å². The van der Waals surface area contributed by atoms with E-state index in [0.717, 1.165) is 33.6 Å². The van der Waals surface area contributed by atoms with E-state index in [0.29, 0.717) is 15.7 Å². The Bertz CT molecular complexity index is 996. The fraction of sp³-hybridized carbons (Fsp3) is 0.294. The Kier molecular flexibility index (Phi) is 4.31. The average molecular weight is 406 g/mol. The number of rotatable bonds is 4. The first kappa shape index (κ1) is 17.8. The lowest BCUT2D eigenvalue weighted by molar-refractivity contribution is -0.149. The van der Waals surface area contributed by atoms with Crippen LogP contribution in [-0.2, 0) is 14.4 Å². The Balaban J connectivity index is 1.83. The third-order valence-electron chi connectivity index (χ3n) is 4.68. The second kappa shape index (κ2) is 6.54. The number of fused-ring (bicyclic) bond motifs is 2. The van der Waals surface area contributed by atoms with Crippen LogP contribution in [0.15, 0.2) is 34.1 Å². The van der Waals surface area contributed by atoms with Gasteiger partial charge >= 0.3 is 10.8 Å². The molecule has 0 spiro atoms. The van der Waals surface area contributed by atoms with Gasteiger partial charge in [0.1, 0.15) is 17.5 Å². The smallest absolute Gasteiger partial charge is 0.323 e. The number of methoxy groups -OCH3 is 1. The lowest BCUT2D eigenvalue weighted by atomic mass is 9.83. The van der Waals surface area contributed by atoms with Gasteiger partial charge in [0.25, 0.3) is 0 Å². The van der Waals surface area contributed by atoms with Gasteiger partial charge in [-0.15, -0.1) is 0 Å². The second-order valence-electron chi connectivity index (χ2n) is 6.18. The molecule has 140 valence electrons. The molecule has 0 saturated carbocycles. The predicted octanol–water partition coefficient (Wildman–Crippen LogP) is 1.12. The van der Waals surface area contributed by atoms with Crippen LogP contribution in [-0.4, -0.2) is 51.7 Å². The molecule has 2 aromatic rings. The van der Waals surface area contributed by atoms with Crippen molar-refractivity contribution in [3.8, 4) is 5.75 Å². The molecule has 0 bridgehead atoms. The fourth-order valence-electron chi connectivity index (χ4n) is 3.54. The van der Waals surface area contributed by atoms with Crippen molar-refractivity contribution in [1.82, 2.24) is 9.88 Å². The van der Waals surface area contributed by atoms with E-state index < -0.39 is 41.4 Å². The van der Waals surface area contributed by atoms with Crippen LogP contribution in [0.1, 0.15) is 16.4 Å². The van der Waals surface area contributed by atoms with Crippen LogP contribution in [0, 0.1) is 5.92 Å². The van der Waals surface area contributed by atoms with Gasteiger partial charge in [-0.3, -0.25) is 24.1 Å². The molecular formula is C17H14N2O6S2. The number of ether oxygens (including phenoxy) is 1. The molecule has 0 radical (unpaired) electrons. The monoisotopic (exact) mass is 406 g/mol. The third kappa shape index (κ3) is 2.85. The van der Waals surface area contributed by atoms with E-state index >= 15 is 0 Å². The van der Waals surface area contributed by atoms with Gasteiger partial charge in [-0.2, -0.15) is 0 Å². The first-order chi connectivity index (χ1) is 12.9.